The van der Waals surface area contributed by atoms with Gasteiger partial charge in [0.25, 0.3) is 0 Å². The largest absolute Gasteiger partial charge is 0.491 e. The number of nitrogens with zero attached hydrogens (tertiary/aromatic N) is 3. The molecule has 0 atom stereocenters. The lowest BCUT2D eigenvalue weighted by molar-refractivity contribution is 0.262. The van der Waals surface area contributed by atoms with E-state index in [2.05, 4.69) is 22.3 Å². The summed E-state index contributed by atoms with van der Waals surface area (Å²) in [4.78, 5) is 11.9. The number of nitrogens with one attached hydrogen (secondary N) is 1. The first-order chi connectivity index (χ1) is 16.7. The Morgan fingerprint density at radius 1 is 1.00 bits per heavy atom. The maximum absolute atomic E-state index is 6.09. The van der Waals surface area contributed by atoms with Crippen molar-refractivity contribution in [2.75, 3.05) is 50.6 Å². The molecular formula is C26H28N4O2S2. The Balaban J connectivity index is 1.55. The molecule has 6 nitrogen and oxygen atoms in total. The SMILES string of the molecule is CN(C)CCOc1ccccc1-c1nc(NCC2SCCS2)c2c(-c3ccccc3)coc2n1. The van der Waals surface area contributed by atoms with Crippen LogP contribution < -0.4 is 10.1 Å². The zero-order valence-corrected chi connectivity index (χ0v) is 21.0. The fraction of sp³-hybridized carbons (Fsp3) is 0.308. The standard InChI is InChI=1S/C26H28N4O2S2/c1-30(2)12-13-31-21-11-7-6-10-19(21)24-28-25(27-16-22-33-14-15-34-22)23-20(17-32-26(23)29-24)18-8-4-3-5-9-18/h3-11,17,22H,12-16H2,1-2H3,(H,27,28,29). The summed E-state index contributed by atoms with van der Waals surface area (Å²) in [5.74, 6) is 4.55. The third-order valence-corrected chi connectivity index (χ3v) is 8.60. The molecule has 34 heavy (non-hydrogen) atoms. The number of ether oxygens (including phenoxy) is 1. The highest BCUT2D eigenvalue weighted by Crippen LogP contribution is 2.38. The fourth-order valence-electron chi connectivity index (χ4n) is 3.84. The molecule has 1 aliphatic heterocycles. The van der Waals surface area contributed by atoms with Gasteiger partial charge in [-0.1, -0.05) is 42.5 Å². The second-order valence-corrected chi connectivity index (χ2v) is 11.2. The van der Waals surface area contributed by atoms with Crippen molar-refractivity contribution in [1.82, 2.24) is 14.9 Å². The predicted molar refractivity (Wildman–Crippen MR) is 144 cm³/mol. The minimum atomic E-state index is 0.516. The van der Waals surface area contributed by atoms with Crippen molar-refractivity contribution in [3.8, 4) is 28.3 Å². The molecule has 5 rings (SSSR count). The Labute approximate surface area is 208 Å². The third-order valence-electron chi connectivity index (χ3n) is 5.57. The lowest BCUT2D eigenvalue weighted by Gasteiger charge is -2.15. The van der Waals surface area contributed by atoms with E-state index in [0.717, 1.165) is 46.7 Å². The van der Waals surface area contributed by atoms with Crippen molar-refractivity contribution in [2.24, 2.45) is 0 Å². The first kappa shape index (κ1) is 23.1. The van der Waals surface area contributed by atoms with Gasteiger partial charge in [-0.05, 0) is 31.8 Å². The molecule has 1 fully saturated rings. The lowest BCUT2D eigenvalue weighted by atomic mass is 10.1. The van der Waals surface area contributed by atoms with Crippen LogP contribution in [0.3, 0.4) is 0 Å². The van der Waals surface area contributed by atoms with E-state index in [1.807, 2.05) is 80.1 Å². The van der Waals surface area contributed by atoms with E-state index >= 15 is 0 Å². The molecule has 8 heteroatoms. The number of rotatable bonds is 9. The molecule has 0 saturated carbocycles. The van der Waals surface area contributed by atoms with Gasteiger partial charge in [0.05, 0.1) is 15.5 Å². The Morgan fingerprint density at radius 3 is 2.56 bits per heavy atom. The van der Waals surface area contributed by atoms with E-state index in [-0.39, 0.29) is 0 Å². The Kier molecular flexibility index (Phi) is 7.27. The molecule has 2 aromatic carbocycles. The van der Waals surface area contributed by atoms with Crippen molar-refractivity contribution >= 4 is 40.4 Å². The summed E-state index contributed by atoms with van der Waals surface area (Å²) in [6.45, 7) is 2.25. The maximum atomic E-state index is 6.09. The summed E-state index contributed by atoms with van der Waals surface area (Å²) in [5.41, 5.74) is 3.50. The van der Waals surface area contributed by atoms with Crippen LogP contribution >= 0.6 is 23.5 Å². The number of anilines is 1. The summed E-state index contributed by atoms with van der Waals surface area (Å²) < 4.78 is 12.6. The topological polar surface area (TPSA) is 63.4 Å². The number of hydrogen-bond acceptors (Lipinski definition) is 8. The van der Waals surface area contributed by atoms with E-state index in [4.69, 9.17) is 19.1 Å². The van der Waals surface area contributed by atoms with Crippen LogP contribution in [0, 0.1) is 0 Å². The summed E-state index contributed by atoms with van der Waals surface area (Å²) >= 11 is 3.99. The van der Waals surface area contributed by atoms with E-state index in [1.165, 1.54) is 11.5 Å². The van der Waals surface area contributed by atoms with Crippen LogP contribution in [0.25, 0.3) is 33.6 Å². The Hall–Kier alpha value is -2.68. The molecule has 3 heterocycles. The summed E-state index contributed by atoms with van der Waals surface area (Å²) in [5, 5.41) is 4.52. The van der Waals surface area contributed by atoms with Crippen LogP contribution in [0.2, 0.25) is 0 Å². The van der Waals surface area contributed by atoms with Crippen molar-refractivity contribution < 1.29 is 9.15 Å². The van der Waals surface area contributed by atoms with Gasteiger partial charge >= 0.3 is 0 Å². The van der Waals surface area contributed by atoms with Gasteiger partial charge < -0.3 is 19.4 Å². The van der Waals surface area contributed by atoms with Gasteiger partial charge in [0, 0.05) is 30.2 Å². The molecule has 0 spiro atoms. The number of fused-ring (bicyclic) bond motifs is 1. The van der Waals surface area contributed by atoms with Crippen LogP contribution in [0.5, 0.6) is 5.75 Å². The first-order valence-electron chi connectivity index (χ1n) is 11.4. The first-order valence-corrected chi connectivity index (χ1v) is 13.5. The van der Waals surface area contributed by atoms with Crippen molar-refractivity contribution in [3.05, 3.63) is 60.9 Å². The molecule has 1 N–H and O–H groups in total. The molecule has 0 bridgehead atoms. The zero-order valence-electron chi connectivity index (χ0n) is 19.4. The van der Waals surface area contributed by atoms with E-state index < -0.39 is 0 Å². The van der Waals surface area contributed by atoms with Gasteiger partial charge in [0.15, 0.2) is 5.82 Å². The van der Waals surface area contributed by atoms with E-state index in [0.29, 0.717) is 22.7 Å². The Morgan fingerprint density at radius 2 is 1.76 bits per heavy atom. The minimum Gasteiger partial charge on any atom is -0.491 e. The van der Waals surface area contributed by atoms with Gasteiger partial charge in [-0.25, -0.2) is 4.98 Å². The van der Waals surface area contributed by atoms with Crippen LogP contribution in [-0.2, 0) is 0 Å². The molecule has 0 radical (unpaired) electrons. The number of aromatic nitrogens is 2. The monoisotopic (exact) mass is 492 g/mol. The van der Waals surface area contributed by atoms with Crippen molar-refractivity contribution in [1.29, 1.82) is 0 Å². The maximum Gasteiger partial charge on any atom is 0.232 e. The summed E-state index contributed by atoms with van der Waals surface area (Å²) in [6, 6.07) is 18.2. The molecule has 4 aromatic rings. The molecule has 0 aliphatic carbocycles. The van der Waals surface area contributed by atoms with E-state index in [1.54, 1.807) is 6.26 Å². The molecule has 1 aliphatic rings. The third kappa shape index (κ3) is 5.19. The smallest absolute Gasteiger partial charge is 0.232 e. The summed E-state index contributed by atoms with van der Waals surface area (Å²) in [6.07, 6.45) is 1.78. The zero-order chi connectivity index (χ0) is 23.3. The minimum absolute atomic E-state index is 0.516. The second kappa shape index (κ2) is 10.7. The van der Waals surface area contributed by atoms with Crippen molar-refractivity contribution in [2.45, 2.75) is 4.58 Å². The van der Waals surface area contributed by atoms with Gasteiger partial charge in [0.2, 0.25) is 5.71 Å². The molecule has 0 unspecified atom stereocenters. The van der Waals surface area contributed by atoms with Gasteiger partial charge in [-0.3, -0.25) is 0 Å². The van der Waals surface area contributed by atoms with E-state index in [9.17, 15) is 0 Å². The van der Waals surface area contributed by atoms with Crippen LogP contribution in [-0.4, -0.2) is 64.7 Å². The number of thioether (sulfide) groups is 2. The molecule has 1 saturated heterocycles. The van der Waals surface area contributed by atoms with Gasteiger partial charge in [-0.15, -0.1) is 23.5 Å². The lowest BCUT2D eigenvalue weighted by Crippen LogP contribution is -2.19. The van der Waals surface area contributed by atoms with Crippen LogP contribution in [0.4, 0.5) is 5.82 Å². The number of para-hydroxylation sites is 1. The normalized spacial score (nSPS) is 14.2. The highest BCUT2D eigenvalue weighted by molar-refractivity contribution is 8.20. The average molecular weight is 493 g/mol. The molecular weight excluding hydrogens is 464 g/mol. The number of benzene rings is 2. The fourth-order valence-corrected chi connectivity index (χ4v) is 6.50. The highest BCUT2D eigenvalue weighted by Gasteiger charge is 2.21. The molecule has 0 amide bonds. The Bertz CT molecular complexity index is 1240. The number of likely N-dealkylation sites (N-methyl/N-ethyl adjacent to an activating group) is 1. The van der Waals surface area contributed by atoms with Crippen molar-refractivity contribution in [3.63, 3.8) is 0 Å². The quantitative estimate of drug-likeness (QED) is 0.319. The van der Waals surface area contributed by atoms with Gasteiger partial charge in [0.1, 0.15) is 24.4 Å². The second-order valence-electron chi connectivity index (χ2n) is 8.29. The summed E-state index contributed by atoms with van der Waals surface area (Å²) in [7, 11) is 4.07. The molecule has 176 valence electrons. The molecule has 2 aromatic heterocycles. The number of furan rings is 1. The highest BCUT2D eigenvalue weighted by atomic mass is 32.2. The average Bonchev–Trinajstić information content (AvgIpc) is 3.53. The van der Waals surface area contributed by atoms with Gasteiger partial charge in [-0.2, -0.15) is 4.98 Å². The van der Waals surface area contributed by atoms with Crippen LogP contribution in [0.15, 0.2) is 65.3 Å². The predicted octanol–water partition coefficient (Wildman–Crippen LogP) is 5.72. The number of hydrogen-bond donors (Lipinski definition) is 1. The van der Waals surface area contributed by atoms with Crippen LogP contribution in [0.1, 0.15) is 0 Å².